The molecule has 1 rings (SSSR count). The van der Waals surface area contributed by atoms with Crippen molar-refractivity contribution in [1.29, 1.82) is 0 Å². The number of ether oxygens (including phenoxy) is 6. The SMILES string of the molecule is [CH2]CO[C@@H]1O[C@H](COC(C)=O)[C@@H](OC(C)=O)[C@H](OC(C)=O)[C@H]1OC(C)=O. The third-order valence-corrected chi connectivity index (χ3v) is 3.23. The van der Waals surface area contributed by atoms with Crippen LogP contribution in [0.25, 0.3) is 0 Å². The Labute approximate surface area is 151 Å². The van der Waals surface area contributed by atoms with Crippen LogP contribution in [-0.2, 0) is 47.6 Å². The van der Waals surface area contributed by atoms with Gasteiger partial charge in [-0.1, -0.05) is 0 Å². The number of carbonyl (C=O) groups is 4. The molecule has 0 aliphatic carbocycles. The molecule has 0 aromatic heterocycles. The third kappa shape index (κ3) is 6.60. The molecule has 10 heteroatoms. The van der Waals surface area contributed by atoms with Gasteiger partial charge in [0.2, 0.25) is 0 Å². The molecule has 1 saturated heterocycles. The molecule has 0 saturated carbocycles. The summed E-state index contributed by atoms with van der Waals surface area (Å²) < 4.78 is 31.4. The van der Waals surface area contributed by atoms with Crippen LogP contribution in [0.4, 0.5) is 0 Å². The zero-order valence-electron chi connectivity index (χ0n) is 15.1. The van der Waals surface area contributed by atoms with E-state index in [1.165, 1.54) is 6.92 Å². The molecular formula is C16H23O10. The van der Waals surface area contributed by atoms with Gasteiger partial charge in [0.25, 0.3) is 0 Å². The molecule has 10 nitrogen and oxygen atoms in total. The van der Waals surface area contributed by atoms with E-state index in [4.69, 9.17) is 28.4 Å². The summed E-state index contributed by atoms with van der Waals surface area (Å²) in [6.07, 6.45) is -5.82. The largest absolute Gasteiger partial charge is 0.463 e. The molecule has 0 bridgehead atoms. The summed E-state index contributed by atoms with van der Waals surface area (Å²) in [5.74, 6) is -2.67. The Balaban J connectivity index is 3.22. The van der Waals surface area contributed by atoms with E-state index in [2.05, 4.69) is 6.92 Å². The van der Waals surface area contributed by atoms with Crippen molar-refractivity contribution < 1.29 is 47.6 Å². The molecule has 1 radical (unpaired) electrons. The van der Waals surface area contributed by atoms with Crippen molar-refractivity contribution in [3.63, 3.8) is 0 Å². The monoisotopic (exact) mass is 375 g/mol. The van der Waals surface area contributed by atoms with E-state index in [0.717, 1.165) is 20.8 Å². The average Bonchev–Trinajstić information content (AvgIpc) is 2.50. The molecule has 0 unspecified atom stereocenters. The summed E-state index contributed by atoms with van der Waals surface area (Å²) in [6, 6.07) is 0. The van der Waals surface area contributed by atoms with Crippen molar-refractivity contribution in [3.05, 3.63) is 6.92 Å². The number of hydrogen-bond acceptors (Lipinski definition) is 10. The van der Waals surface area contributed by atoms with E-state index >= 15 is 0 Å². The van der Waals surface area contributed by atoms with Crippen molar-refractivity contribution in [3.8, 4) is 0 Å². The summed E-state index contributed by atoms with van der Waals surface area (Å²) >= 11 is 0. The van der Waals surface area contributed by atoms with Gasteiger partial charge in [0, 0.05) is 34.3 Å². The highest BCUT2D eigenvalue weighted by Gasteiger charge is 2.52. The second-order valence-corrected chi connectivity index (χ2v) is 5.44. The third-order valence-electron chi connectivity index (χ3n) is 3.23. The average molecular weight is 375 g/mol. The van der Waals surface area contributed by atoms with Gasteiger partial charge >= 0.3 is 23.9 Å². The van der Waals surface area contributed by atoms with E-state index < -0.39 is 54.6 Å². The molecule has 5 atom stereocenters. The van der Waals surface area contributed by atoms with Gasteiger partial charge in [0.15, 0.2) is 24.6 Å². The molecule has 0 aromatic rings. The first-order chi connectivity index (χ1) is 12.1. The number of carbonyl (C=O) groups excluding carboxylic acids is 4. The van der Waals surface area contributed by atoms with Crippen LogP contribution < -0.4 is 0 Å². The van der Waals surface area contributed by atoms with E-state index in [1.54, 1.807) is 0 Å². The number of hydrogen-bond donors (Lipinski definition) is 0. The summed E-state index contributed by atoms with van der Waals surface area (Å²) in [5.41, 5.74) is 0. The lowest BCUT2D eigenvalue weighted by Gasteiger charge is -2.43. The summed E-state index contributed by atoms with van der Waals surface area (Å²) in [5, 5.41) is 0. The van der Waals surface area contributed by atoms with Gasteiger partial charge in [-0.15, -0.1) is 0 Å². The second-order valence-electron chi connectivity index (χ2n) is 5.44. The Hall–Kier alpha value is -2.20. The Morgan fingerprint density at radius 1 is 0.808 bits per heavy atom. The van der Waals surface area contributed by atoms with Crippen molar-refractivity contribution in [1.82, 2.24) is 0 Å². The van der Waals surface area contributed by atoms with Crippen LogP contribution in [0.15, 0.2) is 0 Å². The van der Waals surface area contributed by atoms with Gasteiger partial charge in [0.05, 0.1) is 0 Å². The van der Waals surface area contributed by atoms with Gasteiger partial charge in [-0.05, 0) is 6.92 Å². The Kier molecular flexibility index (Phi) is 8.46. The predicted molar refractivity (Wildman–Crippen MR) is 83.3 cm³/mol. The molecule has 0 amide bonds. The maximum atomic E-state index is 11.5. The summed E-state index contributed by atoms with van der Waals surface area (Å²) in [7, 11) is 0. The van der Waals surface area contributed by atoms with Crippen molar-refractivity contribution in [2.45, 2.75) is 58.4 Å². The van der Waals surface area contributed by atoms with E-state index in [-0.39, 0.29) is 13.2 Å². The zero-order valence-corrected chi connectivity index (χ0v) is 15.1. The first-order valence-electron chi connectivity index (χ1n) is 7.87. The fourth-order valence-corrected chi connectivity index (χ4v) is 2.44. The predicted octanol–water partition coefficient (Wildman–Crippen LogP) is -0.0798. The van der Waals surface area contributed by atoms with E-state index in [1.807, 2.05) is 0 Å². The Morgan fingerprint density at radius 3 is 1.77 bits per heavy atom. The van der Waals surface area contributed by atoms with Crippen LogP contribution in [0.3, 0.4) is 0 Å². The maximum Gasteiger partial charge on any atom is 0.303 e. The van der Waals surface area contributed by atoms with Gasteiger partial charge < -0.3 is 28.4 Å². The standard InChI is InChI=1S/C16H23O10/c1-6-21-16-15(25-11(5)20)14(24-10(4)19)13(23-9(3)18)12(26-16)7-22-8(2)17/h12-16H,1,6-7H2,2-5H3/t12-,13-,14+,15-,16-/m1/s1. The second kappa shape index (κ2) is 10.1. The smallest absolute Gasteiger partial charge is 0.303 e. The van der Waals surface area contributed by atoms with Gasteiger partial charge in [-0.3, -0.25) is 19.2 Å². The van der Waals surface area contributed by atoms with E-state index in [0.29, 0.717) is 0 Å². The molecule has 1 aliphatic heterocycles. The molecule has 0 spiro atoms. The molecule has 1 fully saturated rings. The lowest BCUT2D eigenvalue weighted by atomic mass is 9.98. The molecular weight excluding hydrogens is 352 g/mol. The Bertz CT molecular complexity index is 531. The highest BCUT2D eigenvalue weighted by Crippen LogP contribution is 2.29. The normalized spacial score (nSPS) is 28.0. The van der Waals surface area contributed by atoms with Crippen molar-refractivity contribution in [2.75, 3.05) is 13.2 Å². The summed E-state index contributed by atoms with van der Waals surface area (Å²) in [6.45, 7) is 7.81. The Morgan fingerprint density at radius 2 is 1.31 bits per heavy atom. The van der Waals surface area contributed by atoms with Crippen LogP contribution >= 0.6 is 0 Å². The zero-order chi connectivity index (χ0) is 19.9. The minimum absolute atomic E-state index is 0.0479. The van der Waals surface area contributed by atoms with Gasteiger partial charge in [-0.2, -0.15) is 0 Å². The van der Waals surface area contributed by atoms with Crippen LogP contribution in [0, 0.1) is 6.92 Å². The molecule has 1 aliphatic rings. The lowest BCUT2D eigenvalue weighted by Crippen LogP contribution is -2.62. The topological polar surface area (TPSA) is 124 Å². The minimum Gasteiger partial charge on any atom is -0.463 e. The maximum absolute atomic E-state index is 11.5. The van der Waals surface area contributed by atoms with E-state index in [9.17, 15) is 19.2 Å². The molecule has 147 valence electrons. The first kappa shape index (κ1) is 21.8. The minimum atomic E-state index is -1.23. The highest BCUT2D eigenvalue weighted by molar-refractivity contribution is 5.68. The van der Waals surface area contributed by atoms with Crippen molar-refractivity contribution >= 4 is 23.9 Å². The lowest BCUT2D eigenvalue weighted by molar-refractivity contribution is -0.306. The van der Waals surface area contributed by atoms with Crippen molar-refractivity contribution in [2.24, 2.45) is 0 Å². The first-order valence-corrected chi connectivity index (χ1v) is 7.87. The van der Waals surface area contributed by atoms with Crippen LogP contribution in [0.1, 0.15) is 27.7 Å². The van der Waals surface area contributed by atoms with Gasteiger partial charge in [0.1, 0.15) is 12.7 Å². The van der Waals surface area contributed by atoms with Crippen LogP contribution in [0.2, 0.25) is 0 Å². The fourth-order valence-electron chi connectivity index (χ4n) is 2.44. The number of esters is 4. The van der Waals surface area contributed by atoms with Crippen LogP contribution in [0.5, 0.6) is 0 Å². The molecule has 0 N–H and O–H groups in total. The summed E-state index contributed by atoms with van der Waals surface area (Å²) in [4.78, 5) is 45.6. The quantitative estimate of drug-likeness (QED) is 0.441. The number of rotatable bonds is 7. The molecule has 1 heterocycles. The highest BCUT2D eigenvalue weighted by atomic mass is 16.7. The molecule has 26 heavy (non-hydrogen) atoms. The molecule has 0 aromatic carbocycles. The van der Waals surface area contributed by atoms with Crippen LogP contribution in [-0.4, -0.2) is 67.8 Å². The van der Waals surface area contributed by atoms with Gasteiger partial charge in [-0.25, -0.2) is 0 Å². The fraction of sp³-hybridized carbons (Fsp3) is 0.688.